The van der Waals surface area contributed by atoms with Gasteiger partial charge in [-0.15, -0.1) is 0 Å². The van der Waals surface area contributed by atoms with Crippen molar-refractivity contribution < 1.29 is 9.53 Å². The van der Waals surface area contributed by atoms with E-state index in [1.54, 1.807) is 7.11 Å². The summed E-state index contributed by atoms with van der Waals surface area (Å²) < 4.78 is 5.20. The van der Waals surface area contributed by atoms with Gasteiger partial charge in [0.25, 0.3) is 0 Å². The number of carbonyl (C=O) groups excluding carboxylic acids is 1. The number of piperidine rings is 1. The zero-order valence-corrected chi connectivity index (χ0v) is 10.8. The molecule has 0 spiro atoms. The summed E-state index contributed by atoms with van der Waals surface area (Å²) in [6.45, 7) is 7.70. The quantitative estimate of drug-likeness (QED) is 0.763. The van der Waals surface area contributed by atoms with Crippen LogP contribution in [-0.4, -0.2) is 49.2 Å². The van der Waals surface area contributed by atoms with Crippen LogP contribution in [0.15, 0.2) is 0 Å². The van der Waals surface area contributed by atoms with Crippen LogP contribution in [0.5, 0.6) is 0 Å². The van der Waals surface area contributed by atoms with E-state index in [2.05, 4.69) is 19.2 Å². The van der Waals surface area contributed by atoms with Gasteiger partial charge in [-0.3, -0.25) is 4.79 Å². The maximum atomic E-state index is 12.1. The Hall–Kier alpha value is -0.610. The average molecular weight is 228 g/mol. The molecule has 1 fully saturated rings. The molecule has 0 aliphatic carbocycles. The van der Waals surface area contributed by atoms with Gasteiger partial charge in [0.15, 0.2) is 0 Å². The summed E-state index contributed by atoms with van der Waals surface area (Å²) in [7, 11) is 1.68. The summed E-state index contributed by atoms with van der Waals surface area (Å²) in [5, 5.41) is 3.32. The van der Waals surface area contributed by atoms with Crippen molar-refractivity contribution in [3.8, 4) is 0 Å². The molecule has 4 heteroatoms. The van der Waals surface area contributed by atoms with Gasteiger partial charge >= 0.3 is 0 Å². The van der Waals surface area contributed by atoms with E-state index in [1.807, 2.05) is 11.8 Å². The predicted octanol–water partition coefficient (Wildman–Crippen LogP) is 1.01. The number of ether oxygens (including phenoxy) is 1. The summed E-state index contributed by atoms with van der Waals surface area (Å²) >= 11 is 0. The number of nitrogens with zero attached hydrogens (tertiary/aromatic N) is 1. The predicted molar refractivity (Wildman–Crippen MR) is 64.3 cm³/mol. The highest BCUT2D eigenvalue weighted by Gasteiger charge is 2.29. The van der Waals surface area contributed by atoms with Gasteiger partial charge in [0.05, 0.1) is 12.1 Å². The van der Waals surface area contributed by atoms with Crippen LogP contribution < -0.4 is 5.32 Å². The van der Waals surface area contributed by atoms with Crippen molar-refractivity contribution in [1.82, 2.24) is 10.2 Å². The highest BCUT2D eigenvalue weighted by atomic mass is 16.5. The molecule has 1 N–H and O–H groups in total. The molecular formula is C12H24N2O2. The van der Waals surface area contributed by atoms with Crippen molar-refractivity contribution in [1.29, 1.82) is 0 Å². The lowest BCUT2D eigenvalue weighted by molar-refractivity contribution is -0.137. The lowest BCUT2D eigenvalue weighted by atomic mass is 10.0. The lowest BCUT2D eigenvalue weighted by Crippen LogP contribution is -2.53. The molecule has 16 heavy (non-hydrogen) atoms. The summed E-state index contributed by atoms with van der Waals surface area (Å²) in [4.78, 5) is 14.0. The lowest BCUT2D eigenvalue weighted by Gasteiger charge is -2.34. The number of hydrogen-bond donors (Lipinski definition) is 1. The normalized spacial score (nSPS) is 23.9. The minimum atomic E-state index is -0.00203. The van der Waals surface area contributed by atoms with E-state index in [0.717, 1.165) is 19.4 Å². The first-order chi connectivity index (χ1) is 7.54. The van der Waals surface area contributed by atoms with Crippen LogP contribution in [0.1, 0.15) is 33.6 Å². The molecule has 94 valence electrons. The number of likely N-dealkylation sites (tertiary alicyclic amines) is 1. The van der Waals surface area contributed by atoms with Crippen LogP contribution in [0.3, 0.4) is 0 Å². The number of rotatable bonds is 5. The van der Waals surface area contributed by atoms with Gasteiger partial charge in [0.2, 0.25) is 5.91 Å². The van der Waals surface area contributed by atoms with Gasteiger partial charge in [0, 0.05) is 26.2 Å². The first kappa shape index (κ1) is 13.5. The van der Waals surface area contributed by atoms with Crippen molar-refractivity contribution in [3.05, 3.63) is 0 Å². The molecule has 0 bridgehead atoms. The van der Waals surface area contributed by atoms with E-state index in [1.165, 1.54) is 0 Å². The SMILES string of the molecule is COC(C)CN1CCCC(NC(C)C)C1=O. The molecule has 1 aliphatic heterocycles. The Bertz CT molecular complexity index is 231. The monoisotopic (exact) mass is 228 g/mol. The Labute approximate surface area is 98.3 Å². The molecule has 0 saturated carbocycles. The van der Waals surface area contributed by atoms with E-state index >= 15 is 0 Å². The second kappa shape index (κ2) is 6.21. The molecule has 1 heterocycles. The van der Waals surface area contributed by atoms with E-state index in [4.69, 9.17) is 4.74 Å². The van der Waals surface area contributed by atoms with Crippen LogP contribution in [0, 0.1) is 0 Å². The van der Waals surface area contributed by atoms with Crippen LogP contribution in [0.25, 0.3) is 0 Å². The molecule has 1 amide bonds. The van der Waals surface area contributed by atoms with E-state index < -0.39 is 0 Å². The van der Waals surface area contributed by atoms with Crippen molar-refractivity contribution in [2.45, 2.75) is 51.8 Å². The number of amides is 1. The minimum absolute atomic E-state index is 0.00203. The second-order valence-corrected chi connectivity index (χ2v) is 4.85. The molecule has 0 radical (unpaired) electrons. The van der Waals surface area contributed by atoms with Gasteiger partial charge in [0.1, 0.15) is 0 Å². The van der Waals surface area contributed by atoms with Crippen LogP contribution in [0.2, 0.25) is 0 Å². The third-order valence-corrected chi connectivity index (χ3v) is 2.94. The van der Waals surface area contributed by atoms with Crippen LogP contribution in [0.4, 0.5) is 0 Å². The molecule has 1 rings (SSSR count). The molecule has 0 aromatic heterocycles. The molecular weight excluding hydrogens is 204 g/mol. The van der Waals surface area contributed by atoms with Crippen molar-refractivity contribution in [2.75, 3.05) is 20.2 Å². The smallest absolute Gasteiger partial charge is 0.239 e. The number of carbonyl (C=O) groups is 1. The maximum absolute atomic E-state index is 12.1. The van der Waals surface area contributed by atoms with E-state index in [9.17, 15) is 4.79 Å². The number of hydrogen-bond acceptors (Lipinski definition) is 3. The fourth-order valence-corrected chi connectivity index (χ4v) is 2.06. The fourth-order valence-electron chi connectivity index (χ4n) is 2.06. The first-order valence-electron chi connectivity index (χ1n) is 6.12. The summed E-state index contributed by atoms with van der Waals surface area (Å²) in [5.74, 6) is 0.226. The zero-order chi connectivity index (χ0) is 12.1. The Morgan fingerprint density at radius 3 is 2.75 bits per heavy atom. The number of methoxy groups -OCH3 is 1. The Morgan fingerprint density at radius 2 is 2.19 bits per heavy atom. The van der Waals surface area contributed by atoms with Crippen molar-refractivity contribution in [2.24, 2.45) is 0 Å². The average Bonchev–Trinajstić information content (AvgIpc) is 2.23. The molecule has 2 unspecified atom stereocenters. The topological polar surface area (TPSA) is 41.6 Å². The minimum Gasteiger partial charge on any atom is -0.380 e. The Balaban J connectivity index is 2.50. The molecule has 1 saturated heterocycles. The van der Waals surface area contributed by atoms with Gasteiger partial charge in [-0.1, -0.05) is 13.8 Å². The molecule has 1 aliphatic rings. The van der Waals surface area contributed by atoms with Crippen molar-refractivity contribution >= 4 is 5.91 Å². The zero-order valence-electron chi connectivity index (χ0n) is 10.8. The van der Waals surface area contributed by atoms with Gasteiger partial charge in [-0.25, -0.2) is 0 Å². The highest BCUT2D eigenvalue weighted by Crippen LogP contribution is 2.13. The van der Waals surface area contributed by atoms with Gasteiger partial charge < -0.3 is 15.0 Å². The third-order valence-electron chi connectivity index (χ3n) is 2.94. The van der Waals surface area contributed by atoms with E-state index in [-0.39, 0.29) is 18.1 Å². The van der Waals surface area contributed by atoms with Crippen molar-refractivity contribution in [3.63, 3.8) is 0 Å². The summed E-state index contributed by atoms with van der Waals surface area (Å²) in [5.41, 5.74) is 0. The second-order valence-electron chi connectivity index (χ2n) is 4.85. The van der Waals surface area contributed by atoms with Gasteiger partial charge in [-0.05, 0) is 19.8 Å². The summed E-state index contributed by atoms with van der Waals surface area (Å²) in [6, 6.07) is 0.353. The maximum Gasteiger partial charge on any atom is 0.239 e. The Kier molecular flexibility index (Phi) is 5.22. The summed E-state index contributed by atoms with van der Waals surface area (Å²) in [6.07, 6.45) is 2.14. The molecule has 0 aromatic carbocycles. The Morgan fingerprint density at radius 1 is 1.50 bits per heavy atom. The van der Waals surface area contributed by atoms with E-state index in [0.29, 0.717) is 12.6 Å². The largest absolute Gasteiger partial charge is 0.380 e. The van der Waals surface area contributed by atoms with Crippen LogP contribution >= 0.6 is 0 Å². The molecule has 0 aromatic rings. The van der Waals surface area contributed by atoms with Crippen LogP contribution in [-0.2, 0) is 9.53 Å². The first-order valence-corrected chi connectivity index (χ1v) is 6.12. The standard InChI is InChI=1S/C12H24N2O2/c1-9(2)13-11-6-5-7-14(12(11)15)8-10(3)16-4/h9-11,13H,5-8H2,1-4H3. The highest BCUT2D eigenvalue weighted by molar-refractivity contribution is 5.82. The molecule has 2 atom stereocenters. The third kappa shape index (κ3) is 3.76. The fraction of sp³-hybridized carbons (Fsp3) is 0.917. The molecule has 4 nitrogen and oxygen atoms in total. The number of nitrogens with one attached hydrogen (secondary N) is 1. The van der Waals surface area contributed by atoms with Gasteiger partial charge in [-0.2, -0.15) is 0 Å².